The maximum Gasteiger partial charge on any atom is 0.251 e. The summed E-state index contributed by atoms with van der Waals surface area (Å²) < 4.78 is 0. The van der Waals surface area contributed by atoms with Crippen molar-refractivity contribution in [1.29, 1.82) is 0 Å². The molecule has 0 aromatic heterocycles. The minimum Gasteiger partial charge on any atom is -0.355 e. The lowest BCUT2D eigenvalue weighted by Gasteiger charge is -2.32. The molecule has 2 N–H and O–H groups in total. The lowest BCUT2D eigenvalue weighted by Crippen LogP contribution is -2.48. The van der Waals surface area contributed by atoms with Crippen LogP contribution in [0.25, 0.3) is 0 Å². The normalized spacial score (nSPS) is 19.9. The molecule has 108 valence electrons. The molecular formula is C16H23N3O. The standard InChI is InChI=1S/C16H23N3O/c1-17-16(20)15-3-2-13-4-6-19(7-5-14(13)8-15)11-12-9-18-10-12/h2-3,8,12,18H,4-7,9-11H2,1H3,(H,17,20). The fraction of sp³-hybridized carbons (Fsp3) is 0.562. The molecule has 0 saturated carbocycles. The van der Waals surface area contributed by atoms with Crippen molar-refractivity contribution in [2.24, 2.45) is 5.92 Å². The molecule has 3 rings (SSSR count). The van der Waals surface area contributed by atoms with Crippen molar-refractivity contribution in [1.82, 2.24) is 15.5 Å². The molecule has 1 saturated heterocycles. The van der Waals surface area contributed by atoms with E-state index >= 15 is 0 Å². The summed E-state index contributed by atoms with van der Waals surface area (Å²) in [5.74, 6) is 0.840. The zero-order valence-electron chi connectivity index (χ0n) is 12.1. The van der Waals surface area contributed by atoms with Crippen LogP contribution < -0.4 is 10.6 Å². The Bertz CT molecular complexity index is 496. The average Bonchev–Trinajstić information content (AvgIpc) is 2.63. The summed E-state index contributed by atoms with van der Waals surface area (Å²) in [5.41, 5.74) is 3.54. The third-order valence-electron chi connectivity index (χ3n) is 4.47. The monoisotopic (exact) mass is 273 g/mol. The van der Waals surface area contributed by atoms with E-state index in [1.54, 1.807) is 7.05 Å². The van der Waals surface area contributed by atoms with E-state index in [9.17, 15) is 4.79 Å². The maximum absolute atomic E-state index is 11.7. The highest BCUT2D eigenvalue weighted by molar-refractivity contribution is 5.94. The van der Waals surface area contributed by atoms with Crippen LogP contribution in [0.2, 0.25) is 0 Å². The van der Waals surface area contributed by atoms with Crippen molar-refractivity contribution in [3.63, 3.8) is 0 Å². The second-order valence-corrected chi connectivity index (χ2v) is 5.89. The van der Waals surface area contributed by atoms with Crippen LogP contribution in [0.4, 0.5) is 0 Å². The summed E-state index contributed by atoms with van der Waals surface area (Å²) in [6, 6.07) is 6.15. The van der Waals surface area contributed by atoms with Crippen LogP contribution in [0.5, 0.6) is 0 Å². The number of benzene rings is 1. The van der Waals surface area contributed by atoms with Gasteiger partial charge in [0, 0.05) is 45.3 Å². The minimum absolute atomic E-state index is 0.00875. The number of fused-ring (bicyclic) bond motifs is 1. The van der Waals surface area contributed by atoms with Gasteiger partial charge in [-0.15, -0.1) is 0 Å². The smallest absolute Gasteiger partial charge is 0.251 e. The summed E-state index contributed by atoms with van der Waals surface area (Å²) in [5, 5.41) is 6.04. The first-order valence-corrected chi connectivity index (χ1v) is 7.53. The number of nitrogens with one attached hydrogen (secondary N) is 2. The second kappa shape index (κ2) is 5.94. The molecule has 2 heterocycles. The Morgan fingerprint density at radius 1 is 1.30 bits per heavy atom. The van der Waals surface area contributed by atoms with Gasteiger partial charge in [0.15, 0.2) is 0 Å². The van der Waals surface area contributed by atoms with Gasteiger partial charge in [-0.1, -0.05) is 6.07 Å². The van der Waals surface area contributed by atoms with E-state index in [4.69, 9.17) is 0 Å². The van der Waals surface area contributed by atoms with Gasteiger partial charge < -0.3 is 15.5 Å². The molecule has 0 unspecified atom stereocenters. The van der Waals surface area contributed by atoms with Crippen LogP contribution >= 0.6 is 0 Å². The fourth-order valence-corrected chi connectivity index (χ4v) is 3.08. The van der Waals surface area contributed by atoms with Crippen molar-refractivity contribution in [3.8, 4) is 0 Å². The molecule has 1 amide bonds. The number of carbonyl (C=O) groups excluding carboxylic acids is 1. The van der Waals surface area contributed by atoms with Crippen LogP contribution in [-0.2, 0) is 12.8 Å². The zero-order valence-corrected chi connectivity index (χ0v) is 12.1. The molecule has 0 spiro atoms. The average molecular weight is 273 g/mol. The number of amides is 1. The summed E-state index contributed by atoms with van der Waals surface area (Å²) in [7, 11) is 1.68. The summed E-state index contributed by atoms with van der Waals surface area (Å²) in [6.45, 7) is 5.81. The van der Waals surface area contributed by atoms with E-state index in [2.05, 4.69) is 27.7 Å². The Hall–Kier alpha value is -1.39. The van der Waals surface area contributed by atoms with Gasteiger partial charge in [0.25, 0.3) is 5.91 Å². The number of nitrogens with zero attached hydrogens (tertiary/aromatic N) is 1. The number of hydrogen-bond donors (Lipinski definition) is 2. The van der Waals surface area contributed by atoms with E-state index in [-0.39, 0.29) is 5.91 Å². The molecule has 0 atom stereocenters. The van der Waals surface area contributed by atoms with Gasteiger partial charge in [-0.3, -0.25) is 4.79 Å². The Kier molecular flexibility index (Phi) is 4.03. The van der Waals surface area contributed by atoms with E-state index < -0.39 is 0 Å². The largest absolute Gasteiger partial charge is 0.355 e. The lowest BCUT2D eigenvalue weighted by molar-refractivity contribution is 0.0963. The zero-order chi connectivity index (χ0) is 13.9. The highest BCUT2D eigenvalue weighted by Crippen LogP contribution is 2.19. The molecule has 0 radical (unpaired) electrons. The quantitative estimate of drug-likeness (QED) is 0.850. The van der Waals surface area contributed by atoms with Gasteiger partial charge in [-0.25, -0.2) is 0 Å². The number of hydrogen-bond acceptors (Lipinski definition) is 3. The highest BCUT2D eigenvalue weighted by atomic mass is 16.1. The first-order chi connectivity index (χ1) is 9.76. The molecule has 20 heavy (non-hydrogen) atoms. The number of rotatable bonds is 3. The molecule has 1 fully saturated rings. The molecule has 0 aliphatic carbocycles. The van der Waals surface area contributed by atoms with Crippen LogP contribution in [0, 0.1) is 5.92 Å². The Morgan fingerprint density at radius 3 is 2.70 bits per heavy atom. The van der Waals surface area contributed by atoms with Gasteiger partial charge in [0.1, 0.15) is 0 Å². The van der Waals surface area contributed by atoms with E-state index in [0.717, 1.165) is 37.4 Å². The first-order valence-electron chi connectivity index (χ1n) is 7.53. The highest BCUT2D eigenvalue weighted by Gasteiger charge is 2.22. The molecule has 0 bridgehead atoms. The predicted molar refractivity (Wildman–Crippen MR) is 80.0 cm³/mol. The topological polar surface area (TPSA) is 44.4 Å². The minimum atomic E-state index is 0.00875. The summed E-state index contributed by atoms with van der Waals surface area (Å²) in [4.78, 5) is 14.3. The molecule has 4 heteroatoms. The van der Waals surface area contributed by atoms with Gasteiger partial charge in [0.2, 0.25) is 0 Å². The molecule has 2 aliphatic heterocycles. The lowest BCUT2D eigenvalue weighted by atomic mass is 10.00. The van der Waals surface area contributed by atoms with Crippen LogP contribution in [0.15, 0.2) is 18.2 Å². The molecular weight excluding hydrogens is 250 g/mol. The van der Waals surface area contributed by atoms with Crippen LogP contribution in [0.3, 0.4) is 0 Å². The van der Waals surface area contributed by atoms with Gasteiger partial charge in [-0.05, 0) is 42.0 Å². The van der Waals surface area contributed by atoms with Crippen molar-refractivity contribution < 1.29 is 4.79 Å². The summed E-state index contributed by atoms with van der Waals surface area (Å²) >= 11 is 0. The molecule has 2 aliphatic rings. The van der Waals surface area contributed by atoms with E-state index in [1.807, 2.05) is 6.07 Å². The van der Waals surface area contributed by atoms with E-state index in [0.29, 0.717) is 0 Å². The van der Waals surface area contributed by atoms with Gasteiger partial charge in [0.05, 0.1) is 0 Å². The van der Waals surface area contributed by atoms with Crippen LogP contribution in [0.1, 0.15) is 21.5 Å². The fourth-order valence-electron chi connectivity index (χ4n) is 3.08. The molecule has 4 nitrogen and oxygen atoms in total. The second-order valence-electron chi connectivity index (χ2n) is 5.89. The van der Waals surface area contributed by atoms with Crippen molar-refractivity contribution in [2.75, 3.05) is 39.8 Å². The maximum atomic E-state index is 11.7. The van der Waals surface area contributed by atoms with Crippen LogP contribution in [-0.4, -0.2) is 50.6 Å². The van der Waals surface area contributed by atoms with Crippen molar-refractivity contribution >= 4 is 5.91 Å². The Morgan fingerprint density at radius 2 is 2.05 bits per heavy atom. The van der Waals surface area contributed by atoms with Gasteiger partial charge >= 0.3 is 0 Å². The van der Waals surface area contributed by atoms with Crippen molar-refractivity contribution in [3.05, 3.63) is 34.9 Å². The van der Waals surface area contributed by atoms with Gasteiger partial charge in [-0.2, -0.15) is 0 Å². The third kappa shape index (κ3) is 2.86. The first kappa shape index (κ1) is 13.6. The summed E-state index contributed by atoms with van der Waals surface area (Å²) in [6.07, 6.45) is 2.16. The Labute approximate surface area is 120 Å². The predicted octanol–water partition coefficient (Wildman–Crippen LogP) is 0.666. The SMILES string of the molecule is CNC(=O)c1ccc2c(c1)CCN(CC1CNC1)CC2. The van der Waals surface area contributed by atoms with Crippen molar-refractivity contribution in [2.45, 2.75) is 12.8 Å². The number of carbonyl (C=O) groups is 1. The molecule has 1 aromatic rings. The molecule has 1 aromatic carbocycles. The Balaban J connectivity index is 1.68. The third-order valence-corrected chi connectivity index (χ3v) is 4.47. The van der Waals surface area contributed by atoms with E-state index in [1.165, 1.54) is 30.8 Å².